The summed E-state index contributed by atoms with van der Waals surface area (Å²) in [7, 11) is 1.35. The van der Waals surface area contributed by atoms with Crippen LogP contribution in [-0.4, -0.2) is 23.0 Å². The van der Waals surface area contributed by atoms with Gasteiger partial charge in [-0.2, -0.15) is 0 Å². The molecule has 1 aromatic carbocycles. The summed E-state index contributed by atoms with van der Waals surface area (Å²) in [6.07, 6.45) is 3.08. The van der Waals surface area contributed by atoms with E-state index in [0.717, 1.165) is 4.90 Å². The fourth-order valence-electron chi connectivity index (χ4n) is 1.24. The monoisotopic (exact) mass is 280 g/mol. The second-order valence-electron chi connectivity index (χ2n) is 3.30. The third-order valence-electron chi connectivity index (χ3n) is 2.08. The molecule has 0 aliphatic rings. The molecule has 1 aromatic heterocycles. The van der Waals surface area contributed by atoms with E-state index in [4.69, 9.17) is 11.6 Å². The molecule has 0 unspecified atom stereocenters. The van der Waals surface area contributed by atoms with Gasteiger partial charge in [0.1, 0.15) is 0 Å². The first-order valence-electron chi connectivity index (χ1n) is 5.03. The lowest BCUT2D eigenvalue weighted by Gasteiger charge is -2.02. The molecule has 0 aliphatic heterocycles. The quantitative estimate of drug-likeness (QED) is 0.639. The van der Waals surface area contributed by atoms with E-state index in [2.05, 4.69) is 14.7 Å². The summed E-state index contributed by atoms with van der Waals surface area (Å²) in [5.74, 6) is -0.353. The van der Waals surface area contributed by atoms with Crippen LogP contribution in [-0.2, 0) is 4.74 Å². The van der Waals surface area contributed by atoms with Crippen molar-refractivity contribution in [3.63, 3.8) is 0 Å². The van der Waals surface area contributed by atoms with Crippen LogP contribution < -0.4 is 0 Å². The highest BCUT2D eigenvalue weighted by molar-refractivity contribution is 7.99. The van der Waals surface area contributed by atoms with Gasteiger partial charge in [0, 0.05) is 4.90 Å². The van der Waals surface area contributed by atoms with Gasteiger partial charge in [-0.05, 0) is 36.0 Å². The minimum Gasteiger partial charge on any atom is -0.465 e. The molecule has 0 atom stereocenters. The number of ether oxygens (including phenoxy) is 1. The summed E-state index contributed by atoms with van der Waals surface area (Å²) in [4.78, 5) is 20.3. The fourth-order valence-corrected chi connectivity index (χ4v) is 2.03. The normalized spacial score (nSPS) is 10.1. The van der Waals surface area contributed by atoms with E-state index in [1.165, 1.54) is 18.9 Å². The van der Waals surface area contributed by atoms with Gasteiger partial charge in [0.2, 0.25) is 0 Å². The lowest BCUT2D eigenvalue weighted by atomic mass is 10.2. The number of benzene rings is 1. The van der Waals surface area contributed by atoms with E-state index in [1.807, 2.05) is 12.1 Å². The number of hydrogen-bond donors (Lipinski definition) is 0. The number of aromatic nitrogens is 2. The van der Waals surface area contributed by atoms with Gasteiger partial charge in [-0.15, -0.1) is 0 Å². The van der Waals surface area contributed by atoms with E-state index in [-0.39, 0.29) is 5.97 Å². The highest BCUT2D eigenvalue weighted by atomic mass is 35.5. The Balaban J connectivity index is 2.10. The first-order chi connectivity index (χ1) is 8.69. The molecular formula is C12H9ClN2O2S. The van der Waals surface area contributed by atoms with E-state index in [9.17, 15) is 4.79 Å². The lowest BCUT2D eigenvalue weighted by Crippen LogP contribution is -2.00. The summed E-state index contributed by atoms with van der Waals surface area (Å²) in [6, 6.07) is 7.03. The maximum atomic E-state index is 11.3. The van der Waals surface area contributed by atoms with Crippen LogP contribution in [0.1, 0.15) is 10.4 Å². The molecule has 4 nitrogen and oxygen atoms in total. The van der Waals surface area contributed by atoms with E-state index in [1.54, 1.807) is 24.5 Å². The Morgan fingerprint density at radius 2 is 1.83 bits per heavy atom. The van der Waals surface area contributed by atoms with Gasteiger partial charge >= 0.3 is 5.97 Å². The smallest absolute Gasteiger partial charge is 0.337 e. The van der Waals surface area contributed by atoms with Crippen molar-refractivity contribution in [2.24, 2.45) is 0 Å². The van der Waals surface area contributed by atoms with Crippen LogP contribution in [0, 0.1) is 0 Å². The number of halogens is 1. The van der Waals surface area contributed by atoms with Crippen molar-refractivity contribution in [1.82, 2.24) is 9.97 Å². The van der Waals surface area contributed by atoms with Gasteiger partial charge in [0.25, 0.3) is 0 Å². The third kappa shape index (κ3) is 3.21. The molecule has 1 heterocycles. The summed E-state index contributed by atoms with van der Waals surface area (Å²) >= 11 is 7.09. The van der Waals surface area contributed by atoms with Crippen LogP contribution in [0.4, 0.5) is 0 Å². The molecule has 2 rings (SSSR count). The largest absolute Gasteiger partial charge is 0.465 e. The summed E-state index contributed by atoms with van der Waals surface area (Å²) in [6.45, 7) is 0. The first kappa shape index (κ1) is 12.9. The number of methoxy groups -OCH3 is 1. The standard InChI is InChI=1S/C12H9ClN2O2S/c1-17-11(16)8-2-4-10(5-3-8)18-12-14-6-9(13)7-15-12/h2-7H,1H3. The van der Waals surface area contributed by atoms with Crippen molar-refractivity contribution in [3.8, 4) is 0 Å². The molecule has 0 fully saturated rings. The second kappa shape index (κ2) is 5.84. The van der Waals surface area contributed by atoms with Gasteiger partial charge in [-0.3, -0.25) is 0 Å². The number of carbonyl (C=O) groups excluding carboxylic acids is 1. The molecule has 6 heteroatoms. The van der Waals surface area contributed by atoms with Crippen molar-refractivity contribution >= 4 is 29.3 Å². The molecule has 0 saturated carbocycles. The average Bonchev–Trinajstić information content (AvgIpc) is 2.41. The summed E-state index contributed by atoms with van der Waals surface area (Å²) in [5.41, 5.74) is 0.513. The molecule has 92 valence electrons. The van der Waals surface area contributed by atoms with Crippen molar-refractivity contribution < 1.29 is 9.53 Å². The summed E-state index contributed by atoms with van der Waals surface area (Å²) in [5, 5.41) is 1.10. The molecular weight excluding hydrogens is 272 g/mol. The Bertz CT molecular complexity index is 543. The lowest BCUT2D eigenvalue weighted by molar-refractivity contribution is 0.0600. The fraction of sp³-hybridized carbons (Fsp3) is 0.0833. The Morgan fingerprint density at radius 3 is 2.39 bits per heavy atom. The van der Waals surface area contributed by atoms with Crippen molar-refractivity contribution in [3.05, 3.63) is 47.2 Å². The highest BCUT2D eigenvalue weighted by Gasteiger charge is 2.05. The molecule has 0 radical (unpaired) electrons. The molecule has 2 aromatic rings. The molecule has 18 heavy (non-hydrogen) atoms. The zero-order valence-corrected chi connectivity index (χ0v) is 11.0. The maximum Gasteiger partial charge on any atom is 0.337 e. The third-order valence-corrected chi connectivity index (χ3v) is 3.18. The van der Waals surface area contributed by atoms with Crippen molar-refractivity contribution in [2.75, 3.05) is 7.11 Å². The predicted octanol–water partition coefficient (Wildman–Crippen LogP) is 3.07. The van der Waals surface area contributed by atoms with E-state index in [0.29, 0.717) is 15.7 Å². The minimum atomic E-state index is -0.353. The van der Waals surface area contributed by atoms with Crippen LogP contribution in [0.2, 0.25) is 5.02 Å². The van der Waals surface area contributed by atoms with Gasteiger partial charge < -0.3 is 4.74 Å². The zero-order chi connectivity index (χ0) is 13.0. The van der Waals surface area contributed by atoms with Crippen LogP contribution >= 0.6 is 23.4 Å². The van der Waals surface area contributed by atoms with E-state index >= 15 is 0 Å². The Labute approximate surface area is 113 Å². The second-order valence-corrected chi connectivity index (χ2v) is 4.78. The molecule has 0 N–H and O–H groups in total. The van der Waals surface area contributed by atoms with Crippen LogP contribution in [0.3, 0.4) is 0 Å². The molecule has 0 aliphatic carbocycles. The Kier molecular flexibility index (Phi) is 4.17. The SMILES string of the molecule is COC(=O)c1ccc(Sc2ncc(Cl)cn2)cc1. The van der Waals surface area contributed by atoms with Gasteiger partial charge in [0.05, 0.1) is 30.1 Å². The Hall–Kier alpha value is -1.59. The van der Waals surface area contributed by atoms with Crippen LogP contribution in [0.15, 0.2) is 46.7 Å². The molecule has 0 saturated heterocycles. The van der Waals surface area contributed by atoms with Gasteiger partial charge in [-0.25, -0.2) is 14.8 Å². The zero-order valence-electron chi connectivity index (χ0n) is 9.46. The topological polar surface area (TPSA) is 52.1 Å². The number of nitrogens with zero attached hydrogens (tertiary/aromatic N) is 2. The number of rotatable bonds is 3. The molecule has 0 spiro atoms. The van der Waals surface area contributed by atoms with E-state index < -0.39 is 0 Å². The maximum absolute atomic E-state index is 11.3. The summed E-state index contributed by atoms with van der Waals surface area (Å²) < 4.78 is 4.62. The van der Waals surface area contributed by atoms with Crippen molar-refractivity contribution in [2.45, 2.75) is 10.1 Å². The van der Waals surface area contributed by atoms with Crippen molar-refractivity contribution in [1.29, 1.82) is 0 Å². The highest BCUT2D eigenvalue weighted by Crippen LogP contribution is 2.24. The van der Waals surface area contributed by atoms with Crippen LogP contribution in [0.25, 0.3) is 0 Å². The first-order valence-corrected chi connectivity index (χ1v) is 6.22. The number of hydrogen-bond acceptors (Lipinski definition) is 5. The number of esters is 1. The predicted molar refractivity (Wildman–Crippen MR) is 68.9 cm³/mol. The Morgan fingerprint density at radius 1 is 1.22 bits per heavy atom. The minimum absolute atomic E-state index is 0.353. The average molecular weight is 281 g/mol. The molecule has 0 bridgehead atoms. The van der Waals surface area contributed by atoms with Gasteiger partial charge in [-0.1, -0.05) is 11.6 Å². The van der Waals surface area contributed by atoms with Gasteiger partial charge in [0.15, 0.2) is 5.16 Å². The van der Waals surface area contributed by atoms with Crippen LogP contribution in [0.5, 0.6) is 0 Å². The number of carbonyl (C=O) groups is 1. The molecule has 0 amide bonds.